The first-order chi connectivity index (χ1) is 10.3. The van der Waals surface area contributed by atoms with Gasteiger partial charge in [0.2, 0.25) is 0 Å². The van der Waals surface area contributed by atoms with Gasteiger partial charge in [-0.15, -0.1) is 0 Å². The number of rotatable bonds is 1. The Morgan fingerprint density at radius 1 is 0.952 bits per heavy atom. The van der Waals surface area contributed by atoms with Crippen LogP contribution < -0.4 is 10.1 Å². The van der Waals surface area contributed by atoms with E-state index < -0.39 is 0 Å². The molecule has 2 aromatic carbocycles. The van der Waals surface area contributed by atoms with Gasteiger partial charge in [-0.05, 0) is 48.7 Å². The van der Waals surface area contributed by atoms with Crippen LogP contribution in [0.3, 0.4) is 0 Å². The quantitative estimate of drug-likeness (QED) is 0.865. The van der Waals surface area contributed by atoms with Crippen LogP contribution in [-0.2, 0) is 11.8 Å². The molecule has 0 aromatic heterocycles. The van der Waals surface area contributed by atoms with Crippen molar-refractivity contribution in [2.75, 3.05) is 20.2 Å². The van der Waals surface area contributed by atoms with Crippen molar-refractivity contribution in [1.82, 2.24) is 5.32 Å². The van der Waals surface area contributed by atoms with E-state index >= 15 is 0 Å². The Morgan fingerprint density at radius 3 is 2.52 bits per heavy atom. The third kappa shape index (κ3) is 1.82. The van der Waals surface area contributed by atoms with Crippen molar-refractivity contribution < 1.29 is 4.74 Å². The Bertz CT molecular complexity index is 671. The van der Waals surface area contributed by atoms with Gasteiger partial charge in [-0.3, -0.25) is 0 Å². The number of fused-ring (bicyclic) bond motifs is 4. The average molecular weight is 279 g/mol. The summed E-state index contributed by atoms with van der Waals surface area (Å²) in [5, 5.41) is 3.52. The van der Waals surface area contributed by atoms with Crippen LogP contribution in [0.5, 0.6) is 5.75 Å². The number of hydrogen-bond acceptors (Lipinski definition) is 2. The molecule has 0 radical (unpaired) electrons. The number of hydrogen-bond donors (Lipinski definition) is 1. The second-order valence-corrected chi connectivity index (χ2v) is 6.15. The lowest BCUT2D eigenvalue weighted by atomic mass is 9.62. The molecule has 1 spiro atoms. The lowest BCUT2D eigenvalue weighted by Crippen LogP contribution is -2.43. The van der Waals surface area contributed by atoms with Crippen LogP contribution in [0, 0.1) is 0 Å². The number of benzene rings is 2. The second-order valence-electron chi connectivity index (χ2n) is 6.15. The minimum Gasteiger partial charge on any atom is -0.496 e. The highest BCUT2D eigenvalue weighted by molar-refractivity contribution is 5.58. The molecule has 0 saturated carbocycles. The highest BCUT2D eigenvalue weighted by Gasteiger charge is 2.41. The summed E-state index contributed by atoms with van der Waals surface area (Å²) < 4.78 is 5.65. The highest BCUT2D eigenvalue weighted by Crippen LogP contribution is 2.49. The van der Waals surface area contributed by atoms with Gasteiger partial charge in [0, 0.05) is 17.4 Å². The monoisotopic (exact) mass is 279 g/mol. The zero-order valence-corrected chi connectivity index (χ0v) is 12.5. The fraction of sp³-hybridized carbons (Fsp3) is 0.368. The Labute approximate surface area is 126 Å². The summed E-state index contributed by atoms with van der Waals surface area (Å²) in [5.74, 6) is 1.04. The summed E-state index contributed by atoms with van der Waals surface area (Å²) in [6.45, 7) is 2.18. The van der Waals surface area contributed by atoms with Crippen LogP contribution in [0.1, 0.15) is 35.1 Å². The summed E-state index contributed by atoms with van der Waals surface area (Å²) >= 11 is 0. The predicted octanol–water partition coefficient (Wildman–Crippen LogP) is 3.27. The molecule has 0 unspecified atom stereocenters. The number of piperidine rings is 1. The summed E-state index contributed by atoms with van der Waals surface area (Å²) in [6.07, 6.45) is 3.33. The average Bonchev–Trinajstić information content (AvgIpc) is 2.56. The van der Waals surface area contributed by atoms with E-state index in [1.165, 1.54) is 35.1 Å². The predicted molar refractivity (Wildman–Crippen MR) is 85.1 cm³/mol. The van der Waals surface area contributed by atoms with Crippen LogP contribution in [0.4, 0.5) is 0 Å². The summed E-state index contributed by atoms with van der Waals surface area (Å²) in [5.41, 5.74) is 6.05. The Hall–Kier alpha value is -1.80. The number of ether oxygens (including phenoxy) is 1. The molecule has 0 amide bonds. The lowest BCUT2D eigenvalue weighted by molar-refractivity contribution is 0.348. The maximum absolute atomic E-state index is 5.65. The van der Waals surface area contributed by atoms with Crippen molar-refractivity contribution >= 4 is 0 Å². The molecule has 1 aliphatic heterocycles. The molecular formula is C19H21NO. The van der Waals surface area contributed by atoms with E-state index in [-0.39, 0.29) is 5.41 Å². The second kappa shape index (κ2) is 4.88. The third-order valence-corrected chi connectivity index (χ3v) is 5.23. The minimum absolute atomic E-state index is 0.171. The van der Waals surface area contributed by atoms with Crippen LogP contribution in [0.25, 0.3) is 0 Å². The standard InChI is InChI=1S/C19H21NO/c1-21-18-8-4-7-17-15(18)13-14-5-2-3-6-16(14)19(17)9-11-20-12-10-19/h2-8,20H,9-13H2,1H3. The first-order valence-corrected chi connectivity index (χ1v) is 7.81. The van der Waals surface area contributed by atoms with Gasteiger partial charge < -0.3 is 10.1 Å². The number of nitrogens with one attached hydrogen (secondary N) is 1. The van der Waals surface area contributed by atoms with Gasteiger partial charge in [0.05, 0.1) is 7.11 Å². The smallest absolute Gasteiger partial charge is 0.122 e. The van der Waals surface area contributed by atoms with E-state index in [0.717, 1.165) is 25.3 Å². The lowest BCUT2D eigenvalue weighted by Gasteiger charge is -2.44. The van der Waals surface area contributed by atoms with Crippen molar-refractivity contribution in [1.29, 1.82) is 0 Å². The topological polar surface area (TPSA) is 21.3 Å². The van der Waals surface area contributed by atoms with E-state index in [1.807, 2.05) is 0 Å². The molecule has 4 rings (SSSR count). The molecule has 2 heteroatoms. The van der Waals surface area contributed by atoms with Gasteiger partial charge in [-0.25, -0.2) is 0 Å². The summed E-state index contributed by atoms with van der Waals surface area (Å²) in [7, 11) is 1.78. The van der Waals surface area contributed by atoms with Crippen molar-refractivity contribution in [3.63, 3.8) is 0 Å². The van der Waals surface area contributed by atoms with E-state index in [9.17, 15) is 0 Å². The van der Waals surface area contributed by atoms with E-state index in [0.29, 0.717) is 0 Å². The van der Waals surface area contributed by atoms with Crippen molar-refractivity contribution in [2.24, 2.45) is 0 Å². The molecule has 0 bridgehead atoms. The van der Waals surface area contributed by atoms with Gasteiger partial charge >= 0.3 is 0 Å². The van der Waals surface area contributed by atoms with Crippen molar-refractivity contribution in [2.45, 2.75) is 24.7 Å². The van der Waals surface area contributed by atoms with Crippen LogP contribution in [-0.4, -0.2) is 20.2 Å². The first-order valence-electron chi connectivity index (χ1n) is 7.81. The maximum Gasteiger partial charge on any atom is 0.122 e. The molecule has 1 N–H and O–H groups in total. The molecule has 108 valence electrons. The van der Waals surface area contributed by atoms with Gasteiger partial charge in [0.25, 0.3) is 0 Å². The summed E-state index contributed by atoms with van der Waals surface area (Å²) in [6, 6.07) is 15.5. The van der Waals surface area contributed by atoms with Gasteiger partial charge in [0.15, 0.2) is 0 Å². The van der Waals surface area contributed by atoms with E-state index in [2.05, 4.69) is 47.8 Å². The maximum atomic E-state index is 5.65. The van der Waals surface area contributed by atoms with Gasteiger partial charge in [0.1, 0.15) is 5.75 Å². The fourth-order valence-corrected chi connectivity index (χ4v) is 4.26. The molecule has 1 heterocycles. The Balaban J connectivity index is 1.98. The first kappa shape index (κ1) is 12.9. The SMILES string of the molecule is COc1cccc2c1Cc1ccccc1C21CCNCC1. The minimum atomic E-state index is 0.171. The molecule has 2 aliphatic rings. The van der Waals surface area contributed by atoms with Crippen molar-refractivity contribution in [3.05, 3.63) is 64.7 Å². The normalized spacial score (nSPS) is 18.9. The molecule has 0 atom stereocenters. The van der Waals surface area contributed by atoms with Gasteiger partial charge in [-0.2, -0.15) is 0 Å². The Kier molecular flexibility index (Phi) is 3.00. The zero-order valence-electron chi connectivity index (χ0n) is 12.5. The van der Waals surface area contributed by atoms with E-state index in [4.69, 9.17) is 4.74 Å². The summed E-state index contributed by atoms with van der Waals surface area (Å²) in [4.78, 5) is 0. The van der Waals surface area contributed by atoms with Crippen LogP contribution >= 0.6 is 0 Å². The van der Waals surface area contributed by atoms with Crippen LogP contribution in [0.2, 0.25) is 0 Å². The molecule has 1 saturated heterocycles. The van der Waals surface area contributed by atoms with E-state index in [1.54, 1.807) is 7.11 Å². The Morgan fingerprint density at radius 2 is 1.71 bits per heavy atom. The molecule has 21 heavy (non-hydrogen) atoms. The molecule has 2 aromatic rings. The number of methoxy groups -OCH3 is 1. The molecular weight excluding hydrogens is 258 g/mol. The third-order valence-electron chi connectivity index (χ3n) is 5.23. The van der Waals surface area contributed by atoms with Crippen LogP contribution in [0.15, 0.2) is 42.5 Å². The largest absolute Gasteiger partial charge is 0.496 e. The zero-order chi connectivity index (χ0) is 14.3. The molecule has 1 aliphatic carbocycles. The van der Waals surface area contributed by atoms with Crippen molar-refractivity contribution in [3.8, 4) is 5.75 Å². The van der Waals surface area contributed by atoms with Gasteiger partial charge in [-0.1, -0.05) is 36.4 Å². The molecule has 2 nitrogen and oxygen atoms in total. The highest BCUT2D eigenvalue weighted by atomic mass is 16.5. The molecule has 1 fully saturated rings. The fourth-order valence-electron chi connectivity index (χ4n) is 4.26.